The van der Waals surface area contributed by atoms with Gasteiger partial charge < -0.3 is 29.4 Å². The van der Waals surface area contributed by atoms with E-state index in [1.807, 2.05) is 31.2 Å². The molecule has 2 fully saturated rings. The molecular weight excluding hydrogens is 452 g/mol. The van der Waals surface area contributed by atoms with Crippen molar-refractivity contribution in [2.24, 2.45) is 0 Å². The number of nitrogens with one attached hydrogen (secondary N) is 2. The second kappa shape index (κ2) is 12.5. The van der Waals surface area contributed by atoms with E-state index in [4.69, 9.17) is 26.4 Å². The maximum atomic E-state index is 12.9. The van der Waals surface area contributed by atoms with Gasteiger partial charge in [-0.05, 0) is 62.7 Å². The zero-order valence-corrected chi connectivity index (χ0v) is 20.8. The van der Waals surface area contributed by atoms with Gasteiger partial charge in [0.25, 0.3) is 5.56 Å². The van der Waals surface area contributed by atoms with Crippen LogP contribution in [-0.2, 0) is 16.0 Å². The summed E-state index contributed by atoms with van der Waals surface area (Å²) in [4.78, 5) is 20.4. The molecule has 2 aliphatic heterocycles. The highest BCUT2D eigenvalue weighted by Gasteiger charge is 2.19. The Balaban J connectivity index is 1.45. The van der Waals surface area contributed by atoms with E-state index in [1.54, 1.807) is 0 Å². The molecule has 0 spiro atoms. The Labute approximate surface area is 206 Å². The van der Waals surface area contributed by atoms with Crippen LogP contribution in [0.4, 0.5) is 0 Å². The van der Waals surface area contributed by atoms with Crippen LogP contribution in [0, 0.1) is 0 Å². The number of hydrogen-bond donors (Lipinski definition) is 2. The summed E-state index contributed by atoms with van der Waals surface area (Å²) < 4.78 is 16.8. The molecule has 3 heterocycles. The molecule has 0 bridgehead atoms. The van der Waals surface area contributed by atoms with Crippen molar-refractivity contribution in [1.82, 2.24) is 20.1 Å². The molecule has 4 rings (SSSR count). The topological polar surface area (TPSA) is 79.1 Å². The Hall–Kier alpha value is -2.20. The predicted octanol–water partition coefficient (Wildman–Crippen LogP) is 2.50. The van der Waals surface area contributed by atoms with Crippen LogP contribution in [0.25, 0.3) is 10.9 Å². The first-order valence-electron chi connectivity index (χ1n) is 12.4. The van der Waals surface area contributed by atoms with Crippen molar-refractivity contribution in [3.05, 3.63) is 40.2 Å². The average Bonchev–Trinajstić information content (AvgIpc) is 3.37. The van der Waals surface area contributed by atoms with Crippen molar-refractivity contribution in [2.45, 2.75) is 38.8 Å². The minimum atomic E-state index is -0.0863. The van der Waals surface area contributed by atoms with E-state index in [2.05, 4.69) is 20.1 Å². The van der Waals surface area contributed by atoms with Crippen LogP contribution >= 0.6 is 12.2 Å². The first kappa shape index (κ1) is 24.9. The highest BCUT2D eigenvalue weighted by molar-refractivity contribution is 7.80. The molecule has 0 radical (unpaired) electrons. The monoisotopic (exact) mass is 488 g/mol. The molecule has 8 nitrogen and oxygen atoms in total. The number of H-pyrrole nitrogens is 1. The fraction of sp³-hybridized carbons (Fsp3) is 0.600. The van der Waals surface area contributed by atoms with Crippen LogP contribution in [-0.4, -0.2) is 85.2 Å². The van der Waals surface area contributed by atoms with Gasteiger partial charge in [-0.1, -0.05) is 0 Å². The number of thiocarbonyl (C=S) groups is 1. The molecule has 2 aliphatic rings. The minimum Gasteiger partial charge on any atom is -0.494 e. The molecule has 2 aromatic rings. The molecule has 9 heteroatoms. The van der Waals surface area contributed by atoms with Gasteiger partial charge in [-0.15, -0.1) is 0 Å². The quantitative estimate of drug-likeness (QED) is 0.494. The normalized spacial score (nSPS) is 18.8. The fourth-order valence-corrected chi connectivity index (χ4v) is 4.73. The number of pyridine rings is 1. The highest BCUT2D eigenvalue weighted by atomic mass is 32.1. The summed E-state index contributed by atoms with van der Waals surface area (Å²) in [5, 5.41) is 5.00. The van der Waals surface area contributed by atoms with Gasteiger partial charge in [0.1, 0.15) is 5.75 Å². The third kappa shape index (κ3) is 6.91. The van der Waals surface area contributed by atoms with Crippen molar-refractivity contribution in [2.75, 3.05) is 59.2 Å². The lowest BCUT2D eigenvalue weighted by atomic mass is 10.1. The number of morpholine rings is 1. The number of aromatic nitrogens is 1. The maximum Gasteiger partial charge on any atom is 0.253 e. The Morgan fingerprint density at radius 1 is 1.29 bits per heavy atom. The molecule has 186 valence electrons. The second-order valence-electron chi connectivity index (χ2n) is 8.86. The van der Waals surface area contributed by atoms with Gasteiger partial charge >= 0.3 is 0 Å². The number of benzene rings is 1. The molecule has 2 N–H and O–H groups in total. The molecule has 0 saturated carbocycles. The van der Waals surface area contributed by atoms with E-state index in [-0.39, 0.29) is 11.7 Å². The van der Waals surface area contributed by atoms with Gasteiger partial charge in [0.05, 0.1) is 32.5 Å². The number of rotatable bonds is 10. The van der Waals surface area contributed by atoms with E-state index in [0.717, 1.165) is 81.9 Å². The lowest BCUT2D eigenvalue weighted by molar-refractivity contribution is 0.0367. The number of nitrogens with zero attached hydrogens (tertiary/aromatic N) is 2. The summed E-state index contributed by atoms with van der Waals surface area (Å²) in [5.41, 5.74) is 1.40. The standard InChI is InChI=1S/C25H36N4O4S/c1-2-32-21-6-7-23-19(16-21)15-20(24(30)27-23)18-29(9-4-8-28-10-13-31-14-11-28)25(34)26-17-22-5-3-12-33-22/h6-7,15-16,22H,2-5,8-14,17-18H2,1H3,(H,26,34)(H,27,30)/t22-/m0/s1. The summed E-state index contributed by atoms with van der Waals surface area (Å²) >= 11 is 5.77. The van der Waals surface area contributed by atoms with Crippen LogP contribution < -0.4 is 15.6 Å². The van der Waals surface area contributed by atoms with E-state index >= 15 is 0 Å². The number of fused-ring (bicyclic) bond motifs is 1. The molecular formula is C25H36N4O4S. The van der Waals surface area contributed by atoms with Crippen LogP contribution in [0.2, 0.25) is 0 Å². The van der Waals surface area contributed by atoms with Crippen LogP contribution in [0.1, 0.15) is 31.7 Å². The SMILES string of the molecule is CCOc1ccc2[nH]c(=O)c(CN(CCCN3CCOCC3)C(=S)NC[C@@H]3CCCO3)cc2c1. The molecule has 0 aliphatic carbocycles. The smallest absolute Gasteiger partial charge is 0.253 e. The molecule has 1 atom stereocenters. The third-order valence-corrected chi connectivity index (χ3v) is 6.77. The van der Waals surface area contributed by atoms with Crippen molar-refractivity contribution >= 4 is 28.2 Å². The molecule has 34 heavy (non-hydrogen) atoms. The van der Waals surface area contributed by atoms with Gasteiger partial charge in [-0.2, -0.15) is 0 Å². The summed E-state index contributed by atoms with van der Waals surface area (Å²) in [5.74, 6) is 0.795. The number of ether oxygens (including phenoxy) is 3. The highest BCUT2D eigenvalue weighted by Crippen LogP contribution is 2.20. The molecule has 1 aromatic heterocycles. The van der Waals surface area contributed by atoms with E-state index < -0.39 is 0 Å². The molecule has 0 unspecified atom stereocenters. The Kier molecular flexibility index (Phi) is 9.15. The first-order valence-corrected chi connectivity index (χ1v) is 12.8. The summed E-state index contributed by atoms with van der Waals surface area (Å²) in [6.45, 7) is 9.80. The van der Waals surface area contributed by atoms with Crippen molar-refractivity contribution in [3.8, 4) is 5.75 Å². The summed E-state index contributed by atoms with van der Waals surface area (Å²) in [6, 6.07) is 7.69. The van der Waals surface area contributed by atoms with Crippen LogP contribution in [0.3, 0.4) is 0 Å². The lowest BCUT2D eigenvalue weighted by Gasteiger charge is -2.30. The Morgan fingerprint density at radius 3 is 2.91 bits per heavy atom. The minimum absolute atomic E-state index is 0.0863. The van der Waals surface area contributed by atoms with Gasteiger partial charge in [0.15, 0.2) is 5.11 Å². The fourth-order valence-electron chi connectivity index (χ4n) is 4.49. The van der Waals surface area contributed by atoms with Crippen LogP contribution in [0.15, 0.2) is 29.1 Å². The summed E-state index contributed by atoms with van der Waals surface area (Å²) in [7, 11) is 0. The second-order valence-corrected chi connectivity index (χ2v) is 9.24. The summed E-state index contributed by atoms with van der Waals surface area (Å²) in [6.07, 6.45) is 3.31. The molecule has 2 saturated heterocycles. The van der Waals surface area contributed by atoms with Gasteiger partial charge in [-0.25, -0.2) is 0 Å². The lowest BCUT2D eigenvalue weighted by Crippen LogP contribution is -2.44. The van der Waals surface area contributed by atoms with Gasteiger partial charge in [0.2, 0.25) is 0 Å². The average molecular weight is 489 g/mol. The number of aromatic amines is 1. The predicted molar refractivity (Wildman–Crippen MR) is 138 cm³/mol. The van der Waals surface area contributed by atoms with Crippen molar-refractivity contribution in [3.63, 3.8) is 0 Å². The third-order valence-electron chi connectivity index (χ3n) is 6.36. The molecule has 1 aromatic carbocycles. The zero-order valence-electron chi connectivity index (χ0n) is 20.0. The zero-order chi connectivity index (χ0) is 23.8. The van der Waals surface area contributed by atoms with Gasteiger partial charge in [-0.3, -0.25) is 9.69 Å². The number of hydrogen-bond acceptors (Lipinski definition) is 6. The Bertz CT molecular complexity index is 1000. The largest absolute Gasteiger partial charge is 0.494 e. The first-order chi connectivity index (χ1) is 16.6. The maximum absolute atomic E-state index is 12.9. The van der Waals surface area contributed by atoms with E-state index in [9.17, 15) is 4.79 Å². The molecule has 0 amide bonds. The van der Waals surface area contributed by atoms with E-state index in [0.29, 0.717) is 30.4 Å². The van der Waals surface area contributed by atoms with Crippen molar-refractivity contribution < 1.29 is 14.2 Å². The van der Waals surface area contributed by atoms with E-state index in [1.165, 1.54) is 0 Å². The van der Waals surface area contributed by atoms with Crippen molar-refractivity contribution in [1.29, 1.82) is 0 Å². The van der Waals surface area contributed by atoms with Gasteiger partial charge in [0, 0.05) is 55.8 Å². The van der Waals surface area contributed by atoms with Crippen LogP contribution in [0.5, 0.6) is 5.75 Å². The Morgan fingerprint density at radius 2 is 2.15 bits per heavy atom.